The molecule has 2 aromatic rings. The SMILES string of the molecule is C[N-]S(=O)(=O)c1cccc2c(NC(C)=O)cccc12.[CH3-].[Y]. The Balaban J connectivity index is 0.00000200. The second kappa shape index (κ2) is 7.99. The molecule has 1 radical (unpaired) electrons. The number of fused-ring (bicyclic) bond motifs is 1. The number of nitrogens with one attached hydrogen (secondary N) is 1. The molecule has 0 heterocycles. The van der Waals surface area contributed by atoms with E-state index in [9.17, 15) is 13.2 Å². The summed E-state index contributed by atoms with van der Waals surface area (Å²) in [4.78, 5) is 11.3. The van der Waals surface area contributed by atoms with Gasteiger partial charge in [0.2, 0.25) is 5.91 Å². The number of hydrogen-bond acceptors (Lipinski definition) is 3. The largest absolute Gasteiger partial charge is 0.547 e. The summed E-state index contributed by atoms with van der Waals surface area (Å²) in [6.45, 7) is 1.40. The third kappa shape index (κ3) is 4.33. The predicted molar refractivity (Wildman–Crippen MR) is 81.1 cm³/mol. The molecule has 21 heavy (non-hydrogen) atoms. The fourth-order valence-electron chi connectivity index (χ4n) is 1.90. The Kier molecular flexibility index (Phi) is 7.68. The molecule has 0 bridgehead atoms. The molecule has 0 fully saturated rings. The second-order valence-corrected chi connectivity index (χ2v) is 5.75. The van der Waals surface area contributed by atoms with E-state index in [4.69, 9.17) is 0 Å². The van der Waals surface area contributed by atoms with Crippen molar-refractivity contribution in [2.75, 3.05) is 12.4 Å². The van der Waals surface area contributed by atoms with Crippen molar-refractivity contribution in [1.29, 1.82) is 0 Å². The van der Waals surface area contributed by atoms with Gasteiger partial charge in [-0.15, -0.1) is 0 Å². The Hall–Kier alpha value is -0.816. The molecule has 5 nitrogen and oxygen atoms in total. The first-order valence-electron chi connectivity index (χ1n) is 5.61. The fraction of sp³-hybridized carbons (Fsp3) is 0.143. The number of sulfonamides is 1. The number of benzene rings is 2. The molecular formula is C14H16N2O3SY-2. The number of amides is 1. The minimum absolute atomic E-state index is 0. The van der Waals surface area contributed by atoms with Crippen LogP contribution in [0.3, 0.4) is 0 Å². The number of carbonyl (C=O) groups excluding carboxylic acids is 1. The molecule has 0 aliphatic carbocycles. The fourth-order valence-corrected chi connectivity index (χ4v) is 2.81. The van der Waals surface area contributed by atoms with E-state index in [1.54, 1.807) is 30.3 Å². The summed E-state index contributed by atoms with van der Waals surface area (Å²) in [7, 11) is -2.42. The first kappa shape index (κ1) is 20.2. The van der Waals surface area contributed by atoms with Gasteiger partial charge in [0.25, 0.3) is 0 Å². The summed E-state index contributed by atoms with van der Waals surface area (Å²) in [6.07, 6.45) is 0. The zero-order chi connectivity index (χ0) is 14.0. The van der Waals surface area contributed by atoms with Gasteiger partial charge in [0, 0.05) is 56.1 Å². The maximum absolute atomic E-state index is 11.9. The Morgan fingerprint density at radius 2 is 1.67 bits per heavy atom. The van der Waals surface area contributed by atoms with Crippen molar-refractivity contribution in [2.24, 2.45) is 0 Å². The Bertz CT molecular complexity index is 745. The van der Waals surface area contributed by atoms with Gasteiger partial charge in [0.15, 0.2) is 0 Å². The number of hydrogen-bond donors (Lipinski definition) is 1. The van der Waals surface area contributed by atoms with Crippen molar-refractivity contribution in [3.8, 4) is 0 Å². The Morgan fingerprint density at radius 3 is 2.24 bits per heavy atom. The van der Waals surface area contributed by atoms with Crippen molar-refractivity contribution >= 4 is 32.4 Å². The van der Waals surface area contributed by atoms with Crippen LogP contribution in [0.15, 0.2) is 41.3 Å². The summed E-state index contributed by atoms with van der Waals surface area (Å²) in [5.74, 6) is -0.207. The Labute approximate surface area is 150 Å². The summed E-state index contributed by atoms with van der Waals surface area (Å²) in [5.41, 5.74) is 0.582. The van der Waals surface area contributed by atoms with Crippen LogP contribution in [0.4, 0.5) is 5.69 Å². The van der Waals surface area contributed by atoms with E-state index in [2.05, 4.69) is 10.0 Å². The van der Waals surface area contributed by atoms with E-state index < -0.39 is 10.0 Å². The molecule has 0 unspecified atom stereocenters. The van der Waals surface area contributed by atoms with E-state index in [1.807, 2.05) is 0 Å². The molecule has 1 amide bonds. The van der Waals surface area contributed by atoms with Gasteiger partial charge in [-0.25, -0.2) is 8.42 Å². The number of anilines is 1. The van der Waals surface area contributed by atoms with Crippen molar-refractivity contribution < 1.29 is 45.9 Å². The average molecular weight is 381 g/mol. The molecule has 0 aromatic heterocycles. The minimum atomic E-state index is -3.66. The summed E-state index contributed by atoms with van der Waals surface area (Å²) in [5, 5.41) is 3.89. The van der Waals surface area contributed by atoms with Crippen molar-refractivity contribution in [1.82, 2.24) is 0 Å². The molecule has 111 valence electrons. The molecule has 0 aliphatic heterocycles. The van der Waals surface area contributed by atoms with Crippen LogP contribution in [0.25, 0.3) is 15.5 Å². The second-order valence-electron chi connectivity index (χ2n) is 4.00. The van der Waals surface area contributed by atoms with Gasteiger partial charge in [-0.3, -0.25) is 4.79 Å². The number of nitrogens with zero attached hydrogens (tertiary/aromatic N) is 1. The molecule has 0 saturated heterocycles. The number of carbonyl (C=O) groups is 1. The smallest absolute Gasteiger partial charge is 0.221 e. The van der Waals surface area contributed by atoms with E-state index >= 15 is 0 Å². The summed E-state index contributed by atoms with van der Waals surface area (Å²) >= 11 is 0. The van der Waals surface area contributed by atoms with Crippen molar-refractivity contribution in [2.45, 2.75) is 11.8 Å². The van der Waals surface area contributed by atoms with Crippen LogP contribution in [-0.2, 0) is 47.5 Å². The number of rotatable bonds is 3. The molecule has 2 aromatic carbocycles. The minimum Gasteiger partial charge on any atom is -0.547 e. The van der Waals surface area contributed by atoms with E-state index in [0.717, 1.165) is 0 Å². The van der Waals surface area contributed by atoms with E-state index in [0.29, 0.717) is 16.5 Å². The normalized spacial score (nSPS) is 10.4. The standard InChI is InChI=1S/C13H13N2O3S.CH3.Y/c1-9(16)15-12-7-3-6-11-10(12)5-4-8-13(11)19(17,18)14-2;;/h3-8H,1-2H3,(H,15,16);1H3;/q2*-1;. The van der Waals surface area contributed by atoms with Crippen LogP contribution in [0, 0.1) is 7.43 Å². The van der Waals surface area contributed by atoms with Crippen molar-refractivity contribution in [3.05, 3.63) is 48.5 Å². The van der Waals surface area contributed by atoms with Gasteiger partial charge in [-0.2, -0.15) is 7.05 Å². The third-order valence-electron chi connectivity index (χ3n) is 2.71. The average Bonchev–Trinajstić information content (AvgIpc) is 2.38. The molecule has 0 atom stereocenters. The van der Waals surface area contributed by atoms with Crippen molar-refractivity contribution in [3.63, 3.8) is 0 Å². The van der Waals surface area contributed by atoms with Gasteiger partial charge in [0.1, 0.15) is 10.0 Å². The quantitative estimate of drug-likeness (QED) is 0.831. The van der Waals surface area contributed by atoms with Gasteiger partial charge in [0.05, 0.1) is 4.90 Å². The molecule has 0 saturated carbocycles. The van der Waals surface area contributed by atoms with Gasteiger partial charge in [-0.1, -0.05) is 24.3 Å². The molecular weight excluding hydrogens is 365 g/mol. The predicted octanol–water partition coefficient (Wildman–Crippen LogP) is 2.94. The van der Waals surface area contributed by atoms with Crippen LogP contribution in [0.1, 0.15) is 6.92 Å². The van der Waals surface area contributed by atoms with Crippen LogP contribution in [-0.4, -0.2) is 21.4 Å². The van der Waals surface area contributed by atoms with E-state index in [-0.39, 0.29) is 50.9 Å². The zero-order valence-corrected chi connectivity index (χ0v) is 15.8. The van der Waals surface area contributed by atoms with Gasteiger partial charge in [-0.05, 0) is 12.1 Å². The summed E-state index contributed by atoms with van der Waals surface area (Å²) < 4.78 is 27.2. The molecule has 1 N–H and O–H groups in total. The maximum atomic E-state index is 11.9. The summed E-state index contributed by atoms with van der Waals surface area (Å²) in [6, 6.07) is 10.0. The van der Waals surface area contributed by atoms with Crippen LogP contribution < -0.4 is 5.32 Å². The van der Waals surface area contributed by atoms with Crippen LogP contribution >= 0.6 is 0 Å². The van der Waals surface area contributed by atoms with Gasteiger partial charge < -0.3 is 17.5 Å². The first-order chi connectivity index (χ1) is 8.95. The van der Waals surface area contributed by atoms with Crippen LogP contribution in [0.2, 0.25) is 0 Å². The molecule has 2 rings (SSSR count). The third-order valence-corrected chi connectivity index (χ3v) is 4.10. The maximum Gasteiger partial charge on any atom is 0.221 e. The van der Waals surface area contributed by atoms with E-state index in [1.165, 1.54) is 20.0 Å². The zero-order valence-electron chi connectivity index (χ0n) is 12.1. The van der Waals surface area contributed by atoms with Gasteiger partial charge >= 0.3 is 0 Å². The molecule has 7 heteroatoms. The molecule has 0 spiro atoms. The molecule has 0 aliphatic rings. The first-order valence-corrected chi connectivity index (χ1v) is 7.05. The monoisotopic (exact) mass is 381 g/mol. The topological polar surface area (TPSA) is 77.3 Å². The Morgan fingerprint density at radius 1 is 1.10 bits per heavy atom. The van der Waals surface area contributed by atoms with Crippen LogP contribution in [0.5, 0.6) is 0 Å².